The fourth-order valence-corrected chi connectivity index (χ4v) is 14.3. The minimum Gasteiger partial charge on any atom is -0.497 e. The summed E-state index contributed by atoms with van der Waals surface area (Å²) in [5.41, 5.74) is 0. The summed E-state index contributed by atoms with van der Waals surface area (Å²) in [6.07, 6.45) is 0. The number of rotatable bonds is 8. The molecule has 2 aromatic rings. The molecule has 3 fully saturated rings. The summed E-state index contributed by atoms with van der Waals surface area (Å²) in [5, 5.41) is 0. The average Bonchev–Trinajstić information content (AvgIpc) is 3.42. The predicted molar refractivity (Wildman–Crippen MR) is 150 cm³/mol. The van der Waals surface area contributed by atoms with Gasteiger partial charge in [-0.05, 0) is 24.3 Å². The molecule has 0 aliphatic carbocycles. The van der Waals surface area contributed by atoms with Crippen LogP contribution in [0.5, 0.6) is 23.0 Å². The molecule has 2 aromatic carbocycles. The number of hydrogen-bond acceptors (Lipinski definition) is 12. The largest absolute Gasteiger partial charge is 0.497 e. The van der Waals surface area contributed by atoms with Crippen molar-refractivity contribution in [1.29, 1.82) is 0 Å². The second-order valence-corrected chi connectivity index (χ2v) is 18.1. The Kier molecular flexibility index (Phi) is 7.71. The van der Waals surface area contributed by atoms with Crippen molar-refractivity contribution >= 4 is 39.7 Å². The molecule has 42 heavy (non-hydrogen) atoms. The van der Waals surface area contributed by atoms with Crippen LogP contribution in [0.3, 0.4) is 0 Å². The summed E-state index contributed by atoms with van der Waals surface area (Å²) in [7, 11) is -11.9. The number of benzene rings is 2. The van der Waals surface area contributed by atoms with E-state index in [1.807, 2.05) is 0 Å². The first-order valence-corrected chi connectivity index (χ1v) is 19.0. The van der Waals surface area contributed by atoms with Gasteiger partial charge in [0.15, 0.2) is 19.7 Å². The molecule has 3 aliphatic rings. The van der Waals surface area contributed by atoms with Crippen molar-refractivity contribution in [3.05, 3.63) is 36.4 Å². The Morgan fingerprint density at radius 1 is 0.571 bits per heavy atom. The first-order chi connectivity index (χ1) is 19.6. The van der Waals surface area contributed by atoms with Crippen molar-refractivity contribution in [3.63, 3.8) is 0 Å². The van der Waals surface area contributed by atoms with Gasteiger partial charge in [-0.2, -0.15) is 8.61 Å². The predicted octanol–water partition coefficient (Wildman–Crippen LogP) is -0.253. The first-order valence-electron chi connectivity index (χ1n) is 12.5. The molecule has 5 rings (SSSR count). The third-order valence-corrected chi connectivity index (χ3v) is 15.1. The molecule has 0 bridgehead atoms. The second-order valence-electron chi connectivity index (χ2n) is 10.1. The van der Waals surface area contributed by atoms with Crippen LogP contribution >= 0.6 is 0 Å². The van der Waals surface area contributed by atoms with Crippen LogP contribution in [-0.2, 0) is 39.7 Å². The van der Waals surface area contributed by atoms with Gasteiger partial charge in [-0.1, -0.05) is 0 Å². The van der Waals surface area contributed by atoms with Gasteiger partial charge in [0.25, 0.3) is 0 Å². The zero-order chi connectivity index (χ0) is 30.8. The normalized spacial score (nSPS) is 27.1. The lowest BCUT2D eigenvalue weighted by atomic mass is 10.0. The highest BCUT2D eigenvalue weighted by molar-refractivity contribution is 7.93. The van der Waals surface area contributed by atoms with Gasteiger partial charge in [-0.3, -0.25) is 0 Å². The third-order valence-electron chi connectivity index (χ3n) is 7.75. The van der Waals surface area contributed by atoms with Crippen LogP contribution in [-0.4, -0.2) is 118 Å². The SMILES string of the molecule is COc1ccc(S(=O)(=O)N2[C@@H]3CS(=O)(=O)C[C@H]3N(S(=O)(=O)c3ccc(OC)cc3OC)[C@H]3CS(=O)(=O)C[C@H]32)c(OC)c1. The molecule has 0 radical (unpaired) electrons. The van der Waals surface area contributed by atoms with E-state index in [0.717, 1.165) is 8.61 Å². The van der Waals surface area contributed by atoms with E-state index in [9.17, 15) is 33.7 Å². The number of ether oxygens (including phenoxy) is 4. The Bertz CT molecular complexity index is 1670. The Labute approximate surface area is 245 Å². The van der Waals surface area contributed by atoms with Crippen LogP contribution in [0.1, 0.15) is 0 Å². The van der Waals surface area contributed by atoms with E-state index < -0.39 is 86.9 Å². The lowest BCUT2D eigenvalue weighted by Crippen LogP contribution is -2.69. The monoisotopic (exact) mass is 666 g/mol. The number of hydrogen-bond donors (Lipinski definition) is 0. The molecule has 4 atom stereocenters. The lowest BCUT2D eigenvalue weighted by Gasteiger charge is -2.49. The van der Waals surface area contributed by atoms with Crippen molar-refractivity contribution in [2.75, 3.05) is 51.5 Å². The standard InChI is InChI=1S/C24H30N2O12S4/c1-35-15-5-7-23(21(9-15)37-3)41(31,32)25-17-11-39(27,28)13-19(17)26(20-14-40(29,30)12-18(20)25)42(33,34)24-8-6-16(36-2)10-22(24)38-4/h5-10,17-20H,11-14H2,1-4H3/t17-,18-,19-,20+/m1/s1. The quantitative estimate of drug-likeness (QED) is 0.361. The van der Waals surface area contributed by atoms with E-state index in [1.165, 1.54) is 64.8 Å². The lowest BCUT2D eigenvalue weighted by molar-refractivity contribution is 0.0838. The van der Waals surface area contributed by atoms with Gasteiger partial charge in [0, 0.05) is 12.1 Å². The van der Waals surface area contributed by atoms with Crippen LogP contribution in [0.15, 0.2) is 46.2 Å². The highest BCUT2D eigenvalue weighted by Gasteiger charge is 2.64. The highest BCUT2D eigenvalue weighted by atomic mass is 32.2. The molecular formula is C24H30N2O12S4. The van der Waals surface area contributed by atoms with E-state index in [2.05, 4.69) is 0 Å². The fraction of sp³-hybridized carbons (Fsp3) is 0.500. The number of nitrogens with zero attached hydrogens (tertiary/aromatic N) is 2. The smallest absolute Gasteiger partial charge is 0.247 e. The van der Waals surface area contributed by atoms with Gasteiger partial charge in [0.1, 0.15) is 32.8 Å². The maximum atomic E-state index is 14.3. The van der Waals surface area contributed by atoms with Crippen molar-refractivity contribution in [3.8, 4) is 23.0 Å². The molecule has 0 unspecified atom stereocenters. The molecule has 3 aliphatic heterocycles. The molecule has 0 amide bonds. The number of piperazine rings is 1. The minimum absolute atomic E-state index is 0.109. The van der Waals surface area contributed by atoms with E-state index in [4.69, 9.17) is 18.9 Å². The molecule has 0 spiro atoms. The van der Waals surface area contributed by atoms with E-state index in [1.54, 1.807) is 0 Å². The summed E-state index contributed by atoms with van der Waals surface area (Å²) >= 11 is 0. The van der Waals surface area contributed by atoms with Crippen LogP contribution in [0.25, 0.3) is 0 Å². The van der Waals surface area contributed by atoms with Gasteiger partial charge >= 0.3 is 0 Å². The first kappa shape index (κ1) is 30.8. The summed E-state index contributed by atoms with van der Waals surface area (Å²) in [4.78, 5) is -0.685. The molecule has 0 saturated carbocycles. The van der Waals surface area contributed by atoms with Crippen molar-refractivity contribution in [2.45, 2.75) is 34.0 Å². The van der Waals surface area contributed by atoms with Crippen molar-refractivity contribution in [2.24, 2.45) is 0 Å². The number of fused-ring (bicyclic) bond motifs is 2. The van der Waals surface area contributed by atoms with Gasteiger partial charge in [0.05, 0.1) is 75.6 Å². The molecule has 3 heterocycles. The van der Waals surface area contributed by atoms with E-state index in [-0.39, 0.29) is 32.8 Å². The molecule has 232 valence electrons. The van der Waals surface area contributed by atoms with E-state index >= 15 is 0 Å². The molecule has 14 nitrogen and oxygen atoms in total. The van der Waals surface area contributed by atoms with Crippen LogP contribution in [0, 0.1) is 0 Å². The Morgan fingerprint density at radius 3 is 1.14 bits per heavy atom. The third kappa shape index (κ3) is 5.00. The van der Waals surface area contributed by atoms with Crippen LogP contribution in [0.2, 0.25) is 0 Å². The number of sulfone groups is 2. The Hall–Kier alpha value is -2.64. The Balaban J connectivity index is 1.72. The maximum Gasteiger partial charge on any atom is 0.247 e. The fourth-order valence-electron chi connectivity index (χ4n) is 6.00. The topological polar surface area (TPSA) is 180 Å². The maximum absolute atomic E-state index is 14.3. The van der Waals surface area contributed by atoms with Crippen molar-refractivity contribution < 1.29 is 52.6 Å². The average molecular weight is 667 g/mol. The highest BCUT2D eigenvalue weighted by Crippen LogP contribution is 2.45. The van der Waals surface area contributed by atoms with Gasteiger partial charge in [-0.25, -0.2) is 33.7 Å². The molecule has 18 heteroatoms. The van der Waals surface area contributed by atoms with Crippen molar-refractivity contribution in [1.82, 2.24) is 8.61 Å². The van der Waals surface area contributed by atoms with Gasteiger partial charge in [0.2, 0.25) is 20.0 Å². The van der Waals surface area contributed by atoms with Gasteiger partial charge in [-0.15, -0.1) is 0 Å². The second kappa shape index (κ2) is 10.5. The van der Waals surface area contributed by atoms with E-state index in [0.29, 0.717) is 0 Å². The summed E-state index contributed by atoms with van der Waals surface area (Å²) in [5.74, 6) is -2.45. The molecular weight excluding hydrogens is 637 g/mol. The molecule has 0 N–H and O–H groups in total. The summed E-state index contributed by atoms with van der Waals surface area (Å²) in [6, 6.07) is 2.17. The zero-order valence-electron chi connectivity index (χ0n) is 23.0. The van der Waals surface area contributed by atoms with Gasteiger partial charge < -0.3 is 18.9 Å². The molecule has 0 aromatic heterocycles. The summed E-state index contributed by atoms with van der Waals surface area (Å²) < 4.78 is 132. The zero-order valence-corrected chi connectivity index (χ0v) is 26.3. The Morgan fingerprint density at radius 2 is 0.881 bits per heavy atom. The minimum atomic E-state index is -4.63. The number of sulfonamides is 2. The number of methoxy groups -OCH3 is 4. The van der Waals surface area contributed by atoms with Crippen LogP contribution in [0.4, 0.5) is 0 Å². The van der Waals surface area contributed by atoms with Crippen LogP contribution < -0.4 is 18.9 Å². The molecule has 3 saturated heterocycles. The summed E-state index contributed by atoms with van der Waals surface area (Å²) in [6.45, 7) is 0.